The summed E-state index contributed by atoms with van der Waals surface area (Å²) in [4.78, 5) is 12.1. The molecule has 25 heavy (non-hydrogen) atoms. The molecule has 3 heterocycles. The summed E-state index contributed by atoms with van der Waals surface area (Å²) in [6.45, 7) is 5.72. The molecular weight excluding hydrogens is 314 g/mol. The van der Waals surface area contributed by atoms with Crippen LogP contribution in [0.2, 0.25) is 0 Å². The van der Waals surface area contributed by atoms with Crippen LogP contribution in [0.15, 0.2) is 35.1 Å². The number of rotatable bonds is 2. The SMILES string of the molecule is Cc1nc2c(-c3cnccc3C#N)cc(-c3c(C)noc3C)cc2[nH]1. The maximum absolute atomic E-state index is 9.47. The predicted molar refractivity (Wildman–Crippen MR) is 93.7 cm³/mol. The molecule has 4 aromatic rings. The van der Waals surface area contributed by atoms with E-state index in [1.165, 1.54) is 0 Å². The molecule has 0 saturated heterocycles. The van der Waals surface area contributed by atoms with Crippen LogP contribution in [-0.4, -0.2) is 20.1 Å². The topological polar surface area (TPSA) is 91.4 Å². The van der Waals surface area contributed by atoms with Crippen LogP contribution in [0.4, 0.5) is 0 Å². The van der Waals surface area contributed by atoms with Crippen molar-refractivity contribution in [2.24, 2.45) is 0 Å². The Kier molecular flexibility index (Phi) is 3.36. The number of H-pyrrole nitrogens is 1. The molecule has 0 bridgehead atoms. The zero-order valence-corrected chi connectivity index (χ0v) is 14.1. The number of benzene rings is 1. The van der Waals surface area contributed by atoms with Crippen molar-refractivity contribution in [1.82, 2.24) is 20.1 Å². The number of imidazole rings is 1. The highest BCUT2D eigenvalue weighted by Gasteiger charge is 2.18. The number of hydrogen-bond donors (Lipinski definition) is 1. The first kappa shape index (κ1) is 15.1. The lowest BCUT2D eigenvalue weighted by Gasteiger charge is -2.08. The molecule has 0 aliphatic carbocycles. The first-order chi connectivity index (χ1) is 12.1. The molecule has 0 amide bonds. The third kappa shape index (κ3) is 2.37. The summed E-state index contributed by atoms with van der Waals surface area (Å²) < 4.78 is 5.32. The minimum absolute atomic E-state index is 0.563. The van der Waals surface area contributed by atoms with Gasteiger partial charge in [0.25, 0.3) is 0 Å². The van der Waals surface area contributed by atoms with Crippen molar-refractivity contribution in [1.29, 1.82) is 5.26 Å². The van der Waals surface area contributed by atoms with Crippen LogP contribution in [0.1, 0.15) is 22.8 Å². The van der Waals surface area contributed by atoms with Gasteiger partial charge in [0.1, 0.15) is 11.6 Å². The fourth-order valence-electron chi connectivity index (χ4n) is 3.19. The van der Waals surface area contributed by atoms with Gasteiger partial charge in [-0.1, -0.05) is 5.16 Å². The van der Waals surface area contributed by atoms with Crippen molar-refractivity contribution in [3.63, 3.8) is 0 Å². The zero-order chi connectivity index (χ0) is 17.6. The summed E-state index contributed by atoms with van der Waals surface area (Å²) >= 11 is 0. The average molecular weight is 329 g/mol. The molecule has 0 aliphatic heterocycles. The lowest BCUT2D eigenvalue weighted by molar-refractivity contribution is 0.393. The summed E-state index contributed by atoms with van der Waals surface area (Å²) in [5.74, 6) is 1.57. The molecule has 0 fully saturated rings. The van der Waals surface area contributed by atoms with Gasteiger partial charge in [0.15, 0.2) is 0 Å². The van der Waals surface area contributed by atoms with E-state index < -0.39 is 0 Å². The van der Waals surface area contributed by atoms with Gasteiger partial charge in [-0.25, -0.2) is 4.98 Å². The third-order valence-electron chi connectivity index (χ3n) is 4.26. The normalized spacial score (nSPS) is 11.0. The van der Waals surface area contributed by atoms with Gasteiger partial charge in [0.2, 0.25) is 0 Å². The van der Waals surface area contributed by atoms with Crippen LogP contribution in [0.5, 0.6) is 0 Å². The van der Waals surface area contributed by atoms with Crippen molar-refractivity contribution in [2.75, 3.05) is 0 Å². The van der Waals surface area contributed by atoms with Gasteiger partial charge in [0.05, 0.1) is 28.4 Å². The number of aromatic amines is 1. The second-order valence-corrected chi connectivity index (χ2v) is 5.97. The van der Waals surface area contributed by atoms with E-state index in [1.807, 2.05) is 32.9 Å². The summed E-state index contributed by atoms with van der Waals surface area (Å²) in [6.07, 6.45) is 3.32. The highest BCUT2D eigenvalue weighted by atomic mass is 16.5. The van der Waals surface area contributed by atoms with Crippen LogP contribution >= 0.6 is 0 Å². The molecule has 0 aliphatic rings. The van der Waals surface area contributed by atoms with Crippen LogP contribution in [0.3, 0.4) is 0 Å². The third-order valence-corrected chi connectivity index (χ3v) is 4.26. The molecule has 0 unspecified atom stereocenters. The number of hydrogen-bond acceptors (Lipinski definition) is 5. The predicted octanol–water partition coefficient (Wildman–Crippen LogP) is 4.08. The summed E-state index contributed by atoms with van der Waals surface area (Å²) in [5, 5.41) is 13.5. The quantitative estimate of drug-likeness (QED) is 0.598. The number of aryl methyl sites for hydroxylation is 3. The molecule has 0 atom stereocenters. The minimum atomic E-state index is 0.563. The zero-order valence-electron chi connectivity index (χ0n) is 14.1. The van der Waals surface area contributed by atoms with E-state index in [-0.39, 0.29) is 0 Å². The summed E-state index contributed by atoms with van der Waals surface area (Å²) in [7, 11) is 0. The Bertz CT molecular complexity index is 1130. The van der Waals surface area contributed by atoms with E-state index in [0.29, 0.717) is 5.56 Å². The van der Waals surface area contributed by atoms with Gasteiger partial charge in [-0.15, -0.1) is 0 Å². The van der Waals surface area contributed by atoms with Crippen molar-refractivity contribution >= 4 is 11.0 Å². The fourth-order valence-corrected chi connectivity index (χ4v) is 3.19. The smallest absolute Gasteiger partial charge is 0.141 e. The Morgan fingerprint density at radius 2 is 2.00 bits per heavy atom. The van der Waals surface area contributed by atoms with Crippen molar-refractivity contribution in [3.8, 4) is 28.3 Å². The standard InChI is InChI=1S/C19H15N5O/c1-10-18(11(2)25-24-10)14-6-15(16-9-21-5-4-13(16)8-20)19-17(7-14)22-12(3)23-19/h4-7,9H,1-3H3,(H,22,23). The van der Waals surface area contributed by atoms with Crippen LogP contribution in [-0.2, 0) is 0 Å². The van der Waals surface area contributed by atoms with E-state index in [9.17, 15) is 5.26 Å². The Hall–Kier alpha value is -3.46. The van der Waals surface area contributed by atoms with E-state index in [4.69, 9.17) is 4.52 Å². The van der Waals surface area contributed by atoms with Crippen LogP contribution in [0, 0.1) is 32.1 Å². The van der Waals surface area contributed by atoms with Gasteiger partial charge >= 0.3 is 0 Å². The molecule has 0 saturated carbocycles. The number of nitriles is 1. The largest absolute Gasteiger partial charge is 0.361 e. The van der Waals surface area contributed by atoms with Gasteiger partial charge in [-0.2, -0.15) is 5.26 Å². The first-order valence-corrected chi connectivity index (χ1v) is 7.86. The Labute approximate surface area is 144 Å². The highest BCUT2D eigenvalue weighted by Crippen LogP contribution is 2.36. The Balaban J connectivity index is 2.08. The van der Waals surface area contributed by atoms with E-state index in [1.54, 1.807) is 18.5 Å². The molecule has 1 aromatic carbocycles. The van der Waals surface area contributed by atoms with Gasteiger partial charge in [-0.05, 0) is 44.5 Å². The van der Waals surface area contributed by atoms with E-state index in [2.05, 4.69) is 26.2 Å². The van der Waals surface area contributed by atoms with Gasteiger partial charge in [0, 0.05) is 29.1 Å². The molecule has 6 heteroatoms. The molecule has 4 rings (SSSR count). The van der Waals surface area contributed by atoms with Crippen molar-refractivity contribution in [3.05, 3.63) is 53.4 Å². The molecule has 0 spiro atoms. The molecule has 122 valence electrons. The van der Waals surface area contributed by atoms with Gasteiger partial charge in [-0.3, -0.25) is 4.98 Å². The number of pyridine rings is 1. The Morgan fingerprint density at radius 3 is 2.72 bits per heavy atom. The van der Waals surface area contributed by atoms with E-state index >= 15 is 0 Å². The lowest BCUT2D eigenvalue weighted by Crippen LogP contribution is -1.90. The minimum Gasteiger partial charge on any atom is -0.361 e. The van der Waals surface area contributed by atoms with Crippen LogP contribution in [0.25, 0.3) is 33.3 Å². The van der Waals surface area contributed by atoms with E-state index in [0.717, 1.165) is 50.6 Å². The number of fused-ring (bicyclic) bond motifs is 1. The molecule has 0 radical (unpaired) electrons. The average Bonchev–Trinajstić information content (AvgIpc) is 3.15. The fraction of sp³-hybridized carbons (Fsp3) is 0.158. The number of nitrogens with zero attached hydrogens (tertiary/aromatic N) is 4. The highest BCUT2D eigenvalue weighted by molar-refractivity contribution is 5.97. The maximum Gasteiger partial charge on any atom is 0.141 e. The van der Waals surface area contributed by atoms with Crippen LogP contribution < -0.4 is 0 Å². The molecule has 3 aromatic heterocycles. The molecule has 6 nitrogen and oxygen atoms in total. The maximum atomic E-state index is 9.47. The lowest BCUT2D eigenvalue weighted by atomic mass is 9.95. The molecule has 1 N–H and O–H groups in total. The monoisotopic (exact) mass is 329 g/mol. The number of aromatic nitrogens is 4. The first-order valence-electron chi connectivity index (χ1n) is 7.86. The Morgan fingerprint density at radius 1 is 1.16 bits per heavy atom. The second-order valence-electron chi connectivity index (χ2n) is 5.97. The van der Waals surface area contributed by atoms with Crippen molar-refractivity contribution < 1.29 is 4.52 Å². The van der Waals surface area contributed by atoms with Gasteiger partial charge < -0.3 is 9.51 Å². The summed E-state index contributed by atoms with van der Waals surface area (Å²) in [5.41, 5.74) is 6.65. The summed E-state index contributed by atoms with van der Waals surface area (Å²) in [6, 6.07) is 8.00. The number of nitrogens with one attached hydrogen (secondary N) is 1. The second kappa shape index (κ2) is 5.56. The van der Waals surface area contributed by atoms with Crippen molar-refractivity contribution in [2.45, 2.75) is 20.8 Å². The molecular formula is C19H15N5O.